The van der Waals surface area contributed by atoms with Gasteiger partial charge in [0.15, 0.2) is 0 Å². The Bertz CT molecular complexity index is 1060. The molecule has 0 aromatic heterocycles. The van der Waals surface area contributed by atoms with Crippen LogP contribution in [0.4, 0.5) is 4.39 Å². The normalized spacial score (nSPS) is 26.4. The SMILES string of the molecule is COc1ccccc1[C@@H]1CN(C(=O)C2(c3ccc(F)cc3)CCCC2)C[C@]12CCCCC(=O)N2. The van der Waals surface area contributed by atoms with E-state index in [0.717, 1.165) is 61.8 Å². The van der Waals surface area contributed by atoms with Gasteiger partial charge in [-0.2, -0.15) is 0 Å². The number of para-hydroxylation sites is 1. The summed E-state index contributed by atoms with van der Waals surface area (Å²) in [7, 11) is 1.66. The van der Waals surface area contributed by atoms with Crippen LogP contribution in [-0.4, -0.2) is 42.5 Å². The van der Waals surface area contributed by atoms with Crippen molar-refractivity contribution in [2.45, 2.75) is 68.2 Å². The van der Waals surface area contributed by atoms with E-state index in [2.05, 4.69) is 11.4 Å². The molecule has 2 aromatic carbocycles. The Balaban J connectivity index is 1.54. The van der Waals surface area contributed by atoms with Crippen LogP contribution in [0.25, 0.3) is 0 Å². The van der Waals surface area contributed by atoms with Crippen LogP contribution < -0.4 is 10.1 Å². The molecule has 0 radical (unpaired) electrons. The van der Waals surface area contributed by atoms with Gasteiger partial charge in [0, 0.05) is 31.0 Å². The highest BCUT2D eigenvalue weighted by Crippen LogP contribution is 2.48. The Morgan fingerprint density at radius 2 is 1.74 bits per heavy atom. The largest absolute Gasteiger partial charge is 0.496 e. The quantitative estimate of drug-likeness (QED) is 0.714. The molecule has 2 saturated heterocycles. The average molecular weight is 465 g/mol. The second-order valence-corrected chi connectivity index (χ2v) is 10.2. The lowest BCUT2D eigenvalue weighted by Gasteiger charge is -2.36. The summed E-state index contributed by atoms with van der Waals surface area (Å²) in [6, 6.07) is 14.4. The van der Waals surface area contributed by atoms with E-state index < -0.39 is 11.0 Å². The topological polar surface area (TPSA) is 58.6 Å². The van der Waals surface area contributed by atoms with E-state index in [1.54, 1.807) is 19.2 Å². The fourth-order valence-electron chi connectivity index (χ4n) is 6.60. The van der Waals surface area contributed by atoms with Gasteiger partial charge in [0.25, 0.3) is 0 Å². The first-order chi connectivity index (χ1) is 16.5. The molecule has 3 fully saturated rings. The number of likely N-dealkylation sites (tertiary alicyclic amines) is 1. The number of methoxy groups -OCH3 is 1. The zero-order chi connectivity index (χ0) is 23.8. The van der Waals surface area contributed by atoms with E-state index >= 15 is 0 Å². The van der Waals surface area contributed by atoms with Gasteiger partial charge >= 0.3 is 0 Å². The van der Waals surface area contributed by atoms with Crippen molar-refractivity contribution in [1.29, 1.82) is 0 Å². The first-order valence-electron chi connectivity index (χ1n) is 12.5. The lowest BCUT2D eigenvalue weighted by molar-refractivity contribution is -0.137. The predicted octanol–water partition coefficient (Wildman–Crippen LogP) is 4.70. The van der Waals surface area contributed by atoms with Gasteiger partial charge in [-0.3, -0.25) is 9.59 Å². The summed E-state index contributed by atoms with van der Waals surface area (Å²) < 4.78 is 19.4. The van der Waals surface area contributed by atoms with Crippen LogP contribution in [0.15, 0.2) is 48.5 Å². The number of benzene rings is 2. The van der Waals surface area contributed by atoms with Crippen molar-refractivity contribution < 1.29 is 18.7 Å². The second-order valence-electron chi connectivity index (χ2n) is 10.2. The van der Waals surface area contributed by atoms with Gasteiger partial charge in [-0.25, -0.2) is 4.39 Å². The lowest BCUT2D eigenvalue weighted by atomic mass is 9.77. The van der Waals surface area contributed by atoms with Crippen LogP contribution in [0, 0.1) is 5.82 Å². The zero-order valence-corrected chi connectivity index (χ0v) is 19.8. The molecule has 2 aliphatic heterocycles. The van der Waals surface area contributed by atoms with Crippen molar-refractivity contribution in [2.75, 3.05) is 20.2 Å². The summed E-state index contributed by atoms with van der Waals surface area (Å²) in [5.41, 5.74) is 0.792. The summed E-state index contributed by atoms with van der Waals surface area (Å²) in [4.78, 5) is 29.0. The molecule has 5 rings (SSSR count). The monoisotopic (exact) mass is 464 g/mol. The maximum absolute atomic E-state index is 14.3. The number of ether oxygens (including phenoxy) is 1. The first kappa shape index (κ1) is 22.9. The maximum atomic E-state index is 14.3. The number of nitrogens with one attached hydrogen (secondary N) is 1. The van der Waals surface area contributed by atoms with Crippen molar-refractivity contribution in [3.63, 3.8) is 0 Å². The Kier molecular flexibility index (Phi) is 6.09. The Morgan fingerprint density at radius 1 is 1.03 bits per heavy atom. The van der Waals surface area contributed by atoms with Crippen molar-refractivity contribution in [3.8, 4) is 5.75 Å². The molecule has 1 saturated carbocycles. The van der Waals surface area contributed by atoms with Crippen molar-refractivity contribution in [2.24, 2.45) is 0 Å². The summed E-state index contributed by atoms with van der Waals surface area (Å²) in [5, 5.41) is 3.35. The van der Waals surface area contributed by atoms with E-state index in [1.807, 2.05) is 23.1 Å². The van der Waals surface area contributed by atoms with E-state index in [1.165, 1.54) is 12.1 Å². The Labute approximate surface area is 200 Å². The minimum Gasteiger partial charge on any atom is -0.496 e. The molecule has 180 valence electrons. The van der Waals surface area contributed by atoms with Crippen LogP contribution in [-0.2, 0) is 15.0 Å². The summed E-state index contributed by atoms with van der Waals surface area (Å²) in [6.45, 7) is 1.02. The van der Waals surface area contributed by atoms with Crippen LogP contribution in [0.3, 0.4) is 0 Å². The standard InChI is InChI=1S/C28H33FN2O3/c1-34-24-9-3-2-8-22(24)23-18-31(19-28(23)17-5-4-10-25(32)30-28)26(33)27(15-6-7-16-27)20-11-13-21(29)14-12-20/h2-3,8-9,11-14,23H,4-7,10,15-19H2,1H3,(H,30,32)/t23-,28+/m0/s1. The molecule has 34 heavy (non-hydrogen) atoms. The van der Waals surface area contributed by atoms with Crippen molar-refractivity contribution >= 4 is 11.8 Å². The third kappa shape index (κ3) is 3.87. The van der Waals surface area contributed by atoms with Crippen LogP contribution >= 0.6 is 0 Å². The van der Waals surface area contributed by atoms with E-state index in [-0.39, 0.29) is 23.5 Å². The smallest absolute Gasteiger partial charge is 0.233 e. The van der Waals surface area contributed by atoms with Gasteiger partial charge < -0.3 is 15.0 Å². The number of rotatable bonds is 4. The molecular weight excluding hydrogens is 431 g/mol. The van der Waals surface area contributed by atoms with Gasteiger partial charge in [-0.05, 0) is 49.4 Å². The number of hydrogen-bond acceptors (Lipinski definition) is 3. The molecule has 6 heteroatoms. The molecule has 5 nitrogen and oxygen atoms in total. The van der Waals surface area contributed by atoms with Gasteiger partial charge in [0.2, 0.25) is 11.8 Å². The minimum absolute atomic E-state index is 0.0543. The number of carbonyl (C=O) groups excluding carboxylic acids is 2. The molecular formula is C28H33FN2O3. The first-order valence-corrected chi connectivity index (χ1v) is 12.5. The fourth-order valence-corrected chi connectivity index (χ4v) is 6.60. The molecule has 3 aliphatic rings. The lowest BCUT2D eigenvalue weighted by Crippen LogP contribution is -2.54. The van der Waals surface area contributed by atoms with Crippen molar-refractivity contribution in [3.05, 3.63) is 65.5 Å². The van der Waals surface area contributed by atoms with Gasteiger partial charge in [0.05, 0.1) is 18.1 Å². The highest BCUT2D eigenvalue weighted by molar-refractivity contribution is 5.89. The Morgan fingerprint density at radius 3 is 2.47 bits per heavy atom. The van der Waals surface area contributed by atoms with Crippen LogP contribution in [0.5, 0.6) is 5.75 Å². The molecule has 2 aromatic rings. The van der Waals surface area contributed by atoms with Crippen molar-refractivity contribution in [1.82, 2.24) is 10.2 Å². The van der Waals surface area contributed by atoms with E-state index in [9.17, 15) is 14.0 Å². The van der Waals surface area contributed by atoms with Gasteiger partial charge in [-0.1, -0.05) is 49.6 Å². The van der Waals surface area contributed by atoms with Gasteiger partial charge in [0.1, 0.15) is 11.6 Å². The number of amides is 2. The number of carbonyl (C=O) groups is 2. The van der Waals surface area contributed by atoms with Gasteiger partial charge in [-0.15, -0.1) is 0 Å². The van der Waals surface area contributed by atoms with E-state index in [0.29, 0.717) is 19.5 Å². The Hall–Kier alpha value is -2.89. The molecule has 0 bridgehead atoms. The summed E-state index contributed by atoms with van der Waals surface area (Å²) >= 11 is 0. The minimum atomic E-state index is -0.626. The van der Waals surface area contributed by atoms with Crippen LogP contribution in [0.1, 0.15) is 68.4 Å². The maximum Gasteiger partial charge on any atom is 0.233 e. The highest BCUT2D eigenvalue weighted by Gasteiger charge is 2.54. The van der Waals surface area contributed by atoms with E-state index in [4.69, 9.17) is 4.74 Å². The predicted molar refractivity (Wildman–Crippen MR) is 128 cm³/mol. The average Bonchev–Trinajstić information content (AvgIpc) is 3.43. The van der Waals surface area contributed by atoms with Crippen LogP contribution in [0.2, 0.25) is 0 Å². The summed E-state index contributed by atoms with van der Waals surface area (Å²) in [6.07, 6.45) is 6.65. The third-order valence-electron chi connectivity index (χ3n) is 8.27. The fraction of sp³-hybridized carbons (Fsp3) is 0.500. The summed E-state index contributed by atoms with van der Waals surface area (Å²) in [5.74, 6) is 0.602. The zero-order valence-electron chi connectivity index (χ0n) is 19.8. The number of hydrogen-bond donors (Lipinski definition) is 1. The second kappa shape index (κ2) is 9.05. The molecule has 1 aliphatic carbocycles. The number of nitrogens with zero attached hydrogens (tertiary/aromatic N) is 1. The molecule has 0 unspecified atom stereocenters. The third-order valence-corrected chi connectivity index (χ3v) is 8.27. The highest BCUT2D eigenvalue weighted by atomic mass is 19.1. The molecule has 2 heterocycles. The number of halogens is 1. The molecule has 1 N–H and O–H groups in total. The molecule has 2 amide bonds. The molecule has 1 spiro atoms. The molecule has 2 atom stereocenters.